The fraction of sp³-hybridized carbons (Fsp3) is 0.364. The Bertz CT molecular complexity index is 1410. The molecule has 0 aliphatic carbocycles. The summed E-state index contributed by atoms with van der Waals surface area (Å²) >= 11 is 0. The Morgan fingerprint density at radius 2 is 1.53 bits per heavy atom. The highest BCUT2D eigenvalue weighted by molar-refractivity contribution is 6.00. The Kier molecular flexibility index (Phi) is 12.2. The highest BCUT2D eigenvalue weighted by Gasteiger charge is 2.25. The van der Waals surface area contributed by atoms with Gasteiger partial charge in [-0.05, 0) is 85.8 Å². The van der Waals surface area contributed by atoms with Gasteiger partial charge in [-0.1, -0.05) is 19.9 Å². The molecule has 0 aliphatic heterocycles. The quantitative estimate of drug-likeness (QED) is 0.251. The molecule has 0 radical (unpaired) electrons. The summed E-state index contributed by atoms with van der Waals surface area (Å²) in [5.74, 6) is -2.37. The summed E-state index contributed by atoms with van der Waals surface area (Å²) < 4.78 is 33.1. The van der Waals surface area contributed by atoms with Gasteiger partial charge in [0, 0.05) is 42.4 Å². The van der Waals surface area contributed by atoms with E-state index in [1.807, 2.05) is 13.8 Å². The highest BCUT2D eigenvalue weighted by Crippen LogP contribution is 2.17. The minimum atomic E-state index is -1.33. The number of benzene rings is 3. The van der Waals surface area contributed by atoms with Crippen LogP contribution in [-0.2, 0) is 6.42 Å². The molecule has 3 N–H and O–H groups in total. The zero-order valence-electron chi connectivity index (χ0n) is 25.0. The third kappa shape index (κ3) is 9.61. The zero-order valence-corrected chi connectivity index (χ0v) is 25.0. The summed E-state index contributed by atoms with van der Waals surface area (Å²) in [5, 5.41) is 16.5. The number of aliphatic hydroxyl groups excluding tert-OH is 1. The first-order valence-electron chi connectivity index (χ1n) is 14.3. The number of carbonyl (C=O) groups excluding carboxylic acids is 3. The fourth-order valence-electron chi connectivity index (χ4n) is 4.80. The van der Waals surface area contributed by atoms with Crippen molar-refractivity contribution in [1.82, 2.24) is 15.5 Å². The van der Waals surface area contributed by atoms with Crippen molar-refractivity contribution in [3.63, 3.8) is 0 Å². The lowest BCUT2D eigenvalue weighted by molar-refractivity contribution is 0.0755. The average Bonchev–Trinajstić information content (AvgIpc) is 2.98. The number of nitrogens with one attached hydrogen (secondary N) is 2. The number of nitrogens with zero attached hydrogens (tertiary/aromatic N) is 1. The number of hydrogen-bond donors (Lipinski definition) is 3. The van der Waals surface area contributed by atoms with Gasteiger partial charge in [0.1, 0.15) is 17.4 Å². The summed E-state index contributed by atoms with van der Waals surface area (Å²) in [6.07, 6.45) is 0.119. The van der Waals surface area contributed by atoms with Gasteiger partial charge < -0.3 is 25.4 Å². The second kappa shape index (κ2) is 15.8. The van der Waals surface area contributed by atoms with Gasteiger partial charge in [0.05, 0.1) is 19.3 Å². The van der Waals surface area contributed by atoms with Crippen molar-refractivity contribution in [2.24, 2.45) is 0 Å². The van der Waals surface area contributed by atoms with Crippen molar-refractivity contribution in [3.05, 3.63) is 100 Å². The second-order valence-electron chi connectivity index (χ2n) is 10.5. The van der Waals surface area contributed by atoms with E-state index in [1.54, 1.807) is 42.2 Å². The topological polar surface area (TPSA) is 108 Å². The number of carbonyl (C=O) groups is 3. The first-order valence-corrected chi connectivity index (χ1v) is 14.3. The SMILES string of the molecule is CCCN(CCC)C(=O)c1cc(C)cc(C(=O)N[C@@H](Cc2cc(F)cc(F)c2)[C@@H](O)CNC(=O)c2cccc(OC)c2)c1. The molecule has 230 valence electrons. The number of aryl methyl sites for hydroxylation is 1. The maximum absolute atomic E-state index is 14.0. The molecule has 0 saturated heterocycles. The predicted molar refractivity (Wildman–Crippen MR) is 160 cm³/mol. The Hall–Kier alpha value is -4.31. The van der Waals surface area contributed by atoms with Gasteiger partial charge in [-0.15, -0.1) is 0 Å². The molecule has 0 unspecified atom stereocenters. The van der Waals surface area contributed by atoms with Gasteiger partial charge in [-0.25, -0.2) is 8.78 Å². The van der Waals surface area contributed by atoms with Crippen molar-refractivity contribution in [3.8, 4) is 5.75 Å². The highest BCUT2D eigenvalue weighted by atomic mass is 19.1. The van der Waals surface area contributed by atoms with Gasteiger partial charge in [0.2, 0.25) is 0 Å². The lowest BCUT2D eigenvalue weighted by Gasteiger charge is -2.25. The van der Waals surface area contributed by atoms with Crippen molar-refractivity contribution >= 4 is 17.7 Å². The molecule has 0 aromatic heterocycles. The van der Waals surface area contributed by atoms with Crippen molar-refractivity contribution < 1.29 is 33.0 Å². The minimum absolute atomic E-state index is 0.130. The Morgan fingerprint density at radius 3 is 2.16 bits per heavy atom. The lowest BCUT2D eigenvalue weighted by Crippen LogP contribution is -2.49. The van der Waals surface area contributed by atoms with E-state index in [0.717, 1.165) is 31.0 Å². The molecule has 3 aromatic rings. The molecule has 0 saturated carbocycles. The molecule has 0 bridgehead atoms. The molecular weight excluding hydrogens is 556 g/mol. The average molecular weight is 596 g/mol. The zero-order chi connectivity index (χ0) is 31.5. The largest absolute Gasteiger partial charge is 0.497 e. The molecule has 10 heteroatoms. The summed E-state index contributed by atoms with van der Waals surface area (Å²) in [5.41, 5.74) is 1.76. The van der Waals surface area contributed by atoms with Crippen molar-refractivity contribution in [2.45, 2.75) is 52.2 Å². The standard InChI is InChI=1S/C33H39F2N3O5/c1-5-10-38(11-6-2)33(42)25-13-21(3)12-24(17-25)32(41)37-29(16-22-14-26(34)19-27(35)15-22)30(39)20-36-31(40)23-8-7-9-28(18-23)43-4/h7-9,12-15,17-19,29-30,39H,5-6,10-11,16,20H2,1-4H3,(H,36,40)(H,37,41)/t29-,30-/m0/s1. The van der Waals surface area contributed by atoms with E-state index in [0.29, 0.717) is 35.5 Å². The van der Waals surface area contributed by atoms with Crippen LogP contribution >= 0.6 is 0 Å². The second-order valence-corrected chi connectivity index (χ2v) is 10.5. The molecule has 2 atom stereocenters. The summed E-state index contributed by atoms with van der Waals surface area (Å²) in [6, 6.07) is 13.2. The molecule has 0 aliphatic rings. The lowest BCUT2D eigenvalue weighted by atomic mass is 9.99. The van der Waals surface area contributed by atoms with Crippen LogP contribution in [0, 0.1) is 18.6 Å². The monoisotopic (exact) mass is 595 g/mol. The number of aliphatic hydroxyl groups is 1. The third-order valence-electron chi connectivity index (χ3n) is 6.82. The molecule has 3 amide bonds. The smallest absolute Gasteiger partial charge is 0.253 e. The predicted octanol–water partition coefficient (Wildman–Crippen LogP) is 4.68. The molecule has 0 heterocycles. The molecule has 0 spiro atoms. The number of ether oxygens (including phenoxy) is 1. The van der Waals surface area contributed by atoms with Gasteiger partial charge in [-0.3, -0.25) is 14.4 Å². The van der Waals surface area contributed by atoms with Crippen molar-refractivity contribution in [2.75, 3.05) is 26.7 Å². The van der Waals surface area contributed by atoms with Crippen molar-refractivity contribution in [1.29, 1.82) is 0 Å². The number of hydrogen-bond acceptors (Lipinski definition) is 5. The van der Waals surface area contributed by atoms with E-state index in [2.05, 4.69) is 10.6 Å². The summed E-state index contributed by atoms with van der Waals surface area (Å²) in [7, 11) is 1.47. The molecular formula is C33H39F2N3O5. The van der Waals surface area contributed by atoms with Crippen LogP contribution in [0.1, 0.15) is 68.9 Å². The van der Waals surface area contributed by atoms with E-state index in [1.165, 1.54) is 19.2 Å². The van der Waals surface area contributed by atoms with Crippen LogP contribution in [0.5, 0.6) is 5.75 Å². The first-order chi connectivity index (χ1) is 20.5. The number of rotatable bonds is 14. The number of halogens is 2. The number of amides is 3. The van der Waals surface area contributed by atoms with Crippen LogP contribution in [0.2, 0.25) is 0 Å². The summed E-state index contributed by atoms with van der Waals surface area (Å²) in [4.78, 5) is 41.2. The van der Waals surface area contributed by atoms with Crippen LogP contribution < -0.4 is 15.4 Å². The van der Waals surface area contributed by atoms with Crippen LogP contribution in [-0.4, -0.2) is 66.6 Å². The Morgan fingerprint density at radius 1 is 0.884 bits per heavy atom. The maximum Gasteiger partial charge on any atom is 0.253 e. The van der Waals surface area contributed by atoms with E-state index in [4.69, 9.17) is 4.74 Å². The van der Waals surface area contributed by atoms with E-state index < -0.39 is 35.6 Å². The van der Waals surface area contributed by atoms with E-state index in [-0.39, 0.29) is 30.0 Å². The van der Waals surface area contributed by atoms with E-state index >= 15 is 0 Å². The van der Waals surface area contributed by atoms with Crippen LogP contribution in [0.3, 0.4) is 0 Å². The van der Waals surface area contributed by atoms with E-state index in [9.17, 15) is 28.3 Å². The third-order valence-corrected chi connectivity index (χ3v) is 6.82. The normalized spacial score (nSPS) is 12.3. The number of methoxy groups -OCH3 is 1. The Labute approximate surface area is 251 Å². The van der Waals surface area contributed by atoms with Gasteiger partial charge in [-0.2, -0.15) is 0 Å². The van der Waals surface area contributed by atoms with Gasteiger partial charge in [0.25, 0.3) is 17.7 Å². The van der Waals surface area contributed by atoms with Crippen LogP contribution in [0.15, 0.2) is 60.7 Å². The minimum Gasteiger partial charge on any atom is -0.497 e. The molecule has 3 rings (SSSR count). The Balaban J connectivity index is 1.84. The van der Waals surface area contributed by atoms with Gasteiger partial charge >= 0.3 is 0 Å². The molecule has 43 heavy (non-hydrogen) atoms. The fourth-order valence-corrected chi connectivity index (χ4v) is 4.80. The maximum atomic E-state index is 14.0. The van der Waals surface area contributed by atoms with Gasteiger partial charge in [0.15, 0.2) is 0 Å². The molecule has 3 aromatic carbocycles. The molecule has 0 fully saturated rings. The van der Waals surface area contributed by atoms with Crippen LogP contribution in [0.4, 0.5) is 8.78 Å². The van der Waals surface area contributed by atoms with Crippen LogP contribution in [0.25, 0.3) is 0 Å². The molecule has 8 nitrogen and oxygen atoms in total. The first kappa shape index (κ1) is 33.2. The summed E-state index contributed by atoms with van der Waals surface area (Å²) in [6.45, 7) is 6.65.